The van der Waals surface area contributed by atoms with Crippen LogP contribution in [0.5, 0.6) is 0 Å². The van der Waals surface area contributed by atoms with E-state index < -0.39 is 11.9 Å². The van der Waals surface area contributed by atoms with E-state index in [9.17, 15) is 24.6 Å². The minimum Gasteiger partial charge on any atom is -0.478 e. The Hall–Kier alpha value is -3.03. The van der Waals surface area contributed by atoms with Crippen LogP contribution in [0.1, 0.15) is 114 Å². The van der Waals surface area contributed by atoms with Crippen molar-refractivity contribution >= 4 is 17.7 Å². The normalized spacial score (nSPS) is 12.3. The highest BCUT2D eigenvalue weighted by Gasteiger charge is 2.34. The third-order valence-electron chi connectivity index (χ3n) is 8.37. The van der Waals surface area contributed by atoms with E-state index in [4.69, 9.17) is 0 Å². The van der Waals surface area contributed by atoms with E-state index >= 15 is 0 Å². The molecule has 0 saturated carbocycles. The first kappa shape index (κ1) is 31.5. The van der Waals surface area contributed by atoms with Gasteiger partial charge in [-0.25, -0.2) is 9.59 Å². The largest absolute Gasteiger partial charge is 0.478 e. The molecular formula is C33H46N2O5. The number of hydrogen-bond acceptors (Lipinski definition) is 5. The minimum atomic E-state index is -1.09. The number of rotatable bonds is 18. The van der Waals surface area contributed by atoms with E-state index in [-0.39, 0.29) is 16.9 Å². The number of carboxylic acid groups (broad SMARTS) is 2. The van der Waals surface area contributed by atoms with Crippen molar-refractivity contribution in [2.45, 2.75) is 79.1 Å². The van der Waals surface area contributed by atoms with Crippen molar-refractivity contribution in [1.82, 2.24) is 9.80 Å². The predicted molar refractivity (Wildman–Crippen MR) is 160 cm³/mol. The molecule has 0 amide bonds. The molecule has 218 valence electrons. The second kappa shape index (κ2) is 15.1. The van der Waals surface area contributed by atoms with E-state index in [0.29, 0.717) is 35.1 Å². The molecule has 0 heterocycles. The van der Waals surface area contributed by atoms with Crippen molar-refractivity contribution in [2.75, 3.05) is 39.3 Å². The van der Waals surface area contributed by atoms with Gasteiger partial charge < -0.3 is 20.0 Å². The van der Waals surface area contributed by atoms with Crippen molar-refractivity contribution < 1.29 is 24.6 Å². The van der Waals surface area contributed by atoms with Gasteiger partial charge in [-0.3, -0.25) is 4.79 Å². The van der Waals surface area contributed by atoms with Crippen LogP contribution in [0.3, 0.4) is 0 Å². The Kier molecular flexibility index (Phi) is 11.9. The molecule has 0 aromatic heterocycles. The molecule has 7 heteroatoms. The van der Waals surface area contributed by atoms with Crippen molar-refractivity contribution in [3.63, 3.8) is 0 Å². The lowest BCUT2D eigenvalue weighted by molar-refractivity contribution is 0.0684. The minimum absolute atomic E-state index is 0.0599. The summed E-state index contributed by atoms with van der Waals surface area (Å²) in [4.78, 5) is 42.7. The number of aromatic carboxylic acids is 2. The molecule has 3 rings (SSSR count). The Bertz CT molecular complexity index is 1200. The van der Waals surface area contributed by atoms with E-state index in [1.165, 1.54) is 12.1 Å². The maximum Gasteiger partial charge on any atom is 0.336 e. The zero-order valence-electron chi connectivity index (χ0n) is 24.7. The monoisotopic (exact) mass is 550 g/mol. The van der Waals surface area contributed by atoms with Crippen LogP contribution in [0.2, 0.25) is 0 Å². The van der Waals surface area contributed by atoms with Gasteiger partial charge in [0.1, 0.15) is 0 Å². The number of nitrogens with zero attached hydrogens (tertiary/aromatic N) is 2. The fourth-order valence-corrected chi connectivity index (χ4v) is 5.94. The molecule has 0 saturated heterocycles. The Morgan fingerprint density at radius 3 is 1.77 bits per heavy atom. The Morgan fingerprint density at radius 1 is 0.675 bits per heavy atom. The number of ketones is 1. The summed E-state index contributed by atoms with van der Waals surface area (Å²) in [5.41, 5.74) is 3.97. The van der Waals surface area contributed by atoms with Gasteiger partial charge in [0, 0.05) is 11.1 Å². The molecule has 0 radical (unpaired) electrons. The molecule has 0 spiro atoms. The molecule has 0 bridgehead atoms. The number of carbonyl (C=O) groups is 3. The summed E-state index contributed by atoms with van der Waals surface area (Å²) < 4.78 is 0. The van der Waals surface area contributed by atoms with Gasteiger partial charge in [0.05, 0.1) is 11.1 Å². The standard InChI is InChI=1S/C33H46N2O5/c1-5-34(6-2)19-13-9-11-15-23-21-27-25-18-17-24(32(37)38)22-28(25)31(36)30(27)26(29(23)33(39)40)16-12-10-14-20-35(7-3)8-4/h17-18,21-22H,5-16,19-20H2,1-4H3,(H,37,38)(H,39,40). The van der Waals surface area contributed by atoms with Gasteiger partial charge in [0.25, 0.3) is 0 Å². The van der Waals surface area contributed by atoms with Gasteiger partial charge in [0.15, 0.2) is 5.78 Å². The number of hydrogen-bond donors (Lipinski definition) is 2. The number of benzene rings is 2. The molecule has 2 aromatic rings. The molecule has 2 aromatic carbocycles. The Morgan fingerprint density at radius 2 is 1.25 bits per heavy atom. The van der Waals surface area contributed by atoms with Crippen molar-refractivity contribution in [2.24, 2.45) is 0 Å². The third-order valence-corrected chi connectivity index (χ3v) is 8.37. The van der Waals surface area contributed by atoms with E-state index in [0.717, 1.165) is 88.9 Å². The zero-order chi connectivity index (χ0) is 29.2. The molecule has 0 unspecified atom stereocenters. The topological polar surface area (TPSA) is 98.2 Å². The van der Waals surface area contributed by atoms with Gasteiger partial charge >= 0.3 is 11.9 Å². The van der Waals surface area contributed by atoms with E-state index in [1.807, 2.05) is 6.07 Å². The highest BCUT2D eigenvalue weighted by atomic mass is 16.4. The first-order chi connectivity index (χ1) is 19.3. The van der Waals surface area contributed by atoms with Crippen molar-refractivity contribution in [1.29, 1.82) is 0 Å². The van der Waals surface area contributed by atoms with Crippen molar-refractivity contribution in [3.05, 3.63) is 57.6 Å². The van der Waals surface area contributed by atoms with Crippen LogP contribution >= 0.6 is 0 Å². The quantitative estimate of drug-likeness (QED) is 0.177. The summed E-state index contributed by atoms with van der Waals surface area (Å²) in [5.74, 6) is -2.34. The first-order valence-corrected chi connectivity index (χ1v) is 15.1. The molecule has 1 aliphatic carbocycles. The molecular weight excluding hydrogens is 504 g/mol. The lowest BCUT2D eigenvalue weighted by atomic mass is 9.86. The molecule has 1 aliphatic rings. The summed E-state index contributed by atoms with van der Waals surface area (Å²) in [6, 6.07) is 6.54. The zero-order valence-corrected chi connectivity index (χ0v) is 24.7. The number of aryl methyl sites for hydroxylation is 1. The fourth-order valence-electron chi connectivity index (χ4n) is 5.94. The summed E-state index contributed by atoms with van der Waals surface area (Å²) in [5, 5.41) is 19.9. The molecule has 7 nitrogen and oxygen atoms in total. The van der Waals surface area contributed by atoms with Crippen LogP contribution in [0.15, 0.2) is 24.3 Å². The fraction of sp³-hybridized carbons (Fsp3) is 0.545. The van der Waals surface area contributed by atoms with Gasteiger partial charge in [-0.15, -0.1) is 0 Å². The van der Waals surface area contributed by atoms with Crippen molar-refractivity contribution in [3.8, 4) is 11.1 Å². The average Bonchev–Trinajstić information content (AvgIpc) is 3.23. The summed E-state index contributed by atoms with van der Waals surface area (Å²) >= 11 is 0. The van der Waals surface area contributed by atoms with Crippen LogP contribution < -0.4 is 0 Å². The summed E-state index contributed by atoms with van der Waals surface area (Å²) in [7, 11) is 0. The maximum absolute atomic E-state index is 13.6. The first-order valence-electron chi connectivity index (χ1n) is 15.1. The maximum atomic E-state index is 13.6. The predicted octanol–water partition coefficient (Wildman–Crippen LogP) is 6.40. The number of carbonyl (C=O) groups excluding carboxylic acids is 1. The SMILES string of the molecule is CCN(CC)CCCCCc1cc2c(c(CCCCCN(CC)CC)c1C(=O)O)C(=O)c1cc(C(=O)O)ccc1-2. The molecule has 0 aliphatic heterocycles. The smallest absolute Gasteiger partial charge is 0.336 e. The summed E-state index contributed by atoms with van der Waals surface area (Å²) in [6.45, 7) is 14.8. The Balaban J connectivity index is 1.92. The summed E-state index contributed by atoms with van der Waals surface area (Å²) in [6.07, 6.45) is 6.87. The number of fused-ring (bicyclic) bond motifs is 3. The lowest BCUT2D eigenvalue weighted by Gasteiger charge is -2.19. The Labute approximate surface area is 239 Å². The third kappa shape index (κ3) is 7.38. The van der Waals surface area contributed by atoms with Crippen LogP contribution in [0.25, 0.3) is 11.1 Å². The lowest BCUT2D eigenvalue weighted by Crippen LogP contribution is -2.23. The number of carboxylic acids is 2. The van der Waals surface area contributed by atoms with Gasteiger partial charge in [-0.1, -0.05) is 46.6 Å². The molecule has 40 heavy (non-hydrogen) atoms. The van der Waals surface area contributed by atoms with E-state index in [1.54, 1.807) is 6.07 Å². The van der Waals surface area contributed by atoms with Gasteiger partial charge in [-0.2, -0.15) is 0 Å². The molecule has 0 fully saturated rings. The van der Waals surface area contributed by atoms with Crippen LogP contribution in [0.4, 0.5) is 0 Å². The highest BCUT2D eigenvalue weighted by molar-refractivity contribution is 6.24. The van der Waals surface area contributed by atoms with Crippen LogP contribution in [-0.2, 0) is 12.8 Å². The van der Waals surface area contributed by atoms with E-state index in [2.05, 4.69) is 37.5 Å². The highest BCUT2D eigenvalue weighted by Crippen LogP contribution is 2.42. The van der Waals surface area contributed by atoms with Crippen LogP contribution in [0, 0.1) is 0 Å². The van der Waals surface area contributed by atoms with Gasteiger partial charge in [0.2, 0.25) is 0 Å². The molecule has 0 atom stereocenters. The van der Waals surface area contributed by atoms with Crippen LogP contribution in [-0.4, -0.2) is 77.0 Å². The second-order valence-corrected chi connectivity index (χ2v) is 10.7. The molecule has 2 N–H and O–H groups in total. The second-order valence-electron chi connectivity index (χ2n) is 10.7. The average molecular weight is 551 g/mol. The number of unbranched alkanes of at least 4 members (excludes halogenated alkanes) is 4. The van der Waals surface area contributed by atoms with Gasteiger partial charge in [-0.05, 0) is 118 Å².